The fraction of sp³-hybridized carbons (Fsp3) is 0.476. The number of hydrogen-bond acceptors (Lipinski definition) is 3. The number of fused-ring (bicyclic) bond motifs is 1. The minimum atomic E-state index is -0.836. The van der Waals surface area contributed by atoms with Crippen LogP contribution in [0.3, 0.4) is 0 Å². The van der Waals surface area contributed by atoms with Gasteiger partial charge in [-0.2, -0.15) is 5.10 Å². The third kappa shape index (κ3) is 3.13. The Kier molecular flexibility index (Phi) is 4.50. The molecular formula is C21H25N3O3. The van der Waals surface area contributed by atoms with E-state index >= 15 is 0 Å². The first-order valence-electron chi connectivity index (χ1n) is 9.71. The van der Waals surface area contributed by atoms with Gasteiger partial charge in [0.1, 0.15) is 0 Å². The second kappa shape index (κ2) is 6.83. The zero-order valence-corrected chi connectivity index (χ0v) is 15.6. The van der Waals surface area contributed by atoms with Crippen LogP contribution in [0.15, 0.2) is 30.3 Å². The molecule has 1 fully saturated rings. The molecule has 142 valence electrons. The van der Waals surface area contributed by atoms with E-state index in [0.717, 1.165) is 49.0 Å². The van der Waals surface area contributed by atoms with E-state index in [1.54, 1.807) is 0 Å². The van der Waals surface area contributed by atoms with Crippen LogP contribution in [-0.2, 0) is 17.6 Å². The summed E-state index contributed by atoms with van der Waals surface area (Å²) in [5.41, 5.74) is 2.75. The number of benzene rings is 1. The maximum absolute atomic E-state index is 13.1. The van der Waals surface area contributed by atoms with E-state index in [1.807, 2.05) is 41.9 Å². The average molecular weight is 367 g/mol. The largest absolute Gasteiger partial charge is 0.481 e. The number of hydrogen-bond donors (Lipinski definition) is 2. The second-order valence-electron chi connectivity index (χ2n) is 7.88. The van der Waals surface area contributed by atoms with Gasteiger partial charge in [-0.25, -0.2) is 4.68 Å². The first-order chi connectivity index (χ1) is 13.0. The number of carboxylic acid groups (broad SMARTS) is 1. The van der Waals surface area contributed by atoms with Crippen LogP contribution in [-0.4, -0.2) is 32.3 Å². The van der Waals surface area contributed by atoms with Crippen LogP contribution < -0.4 is 5.32 Å². The maximum Gasteiger partial charge on any atom is 0.308 e. The molecule has 2 unspecified atom stereocenters. The molecule has 2 atom stereocenters. The highest BCUT2D eigenvalue weighted by Crippen LogP contribution is 2.35. The van der Waals surface area contributed by atoms with E-state index in [4.69, 9.17) is 0 Å². The molecule has 1 aromatic carbocycles. The molecule has 1 saturated carbocycles. The first-order valence-corrected chi connectivity index (χ1v) is 9.71. The summed E-state index contributed by atoms with van der Waals surface area (Å²) in [5.74, 6) is -1.64. The van der Waals surface area contributed by atoms with Crippen LogP contribution in [0.5, 0.6) is 0 Å². The Hall–Kier alpha value is -2.63. The highest BCUT2D eigenvalue weighted by Gasteiger charge is 2.43. The Morgan fingerprint density at radius 1 is 1.19 bits per heavy atom. The van der Waals surface area contributed by atoms with Crippen molar-refractivity contribution in [3.05, 3.63) is 47.3 Å². The summed E-state index contributed by atoms with van der Waals surface area (Å²) in [5, 5.41) is 17.3. The Morgan fingerprint density at radius 2 is 1.96 bits per heavy atom. The van der Waals surface area contributed by atoms with Gasteiger partial charge < -0.3 is 10.4 Å². The third-order valence-electron chi connectivity index (χ3n) is 6.05. The number of carbonyl (C=O) groups excluding carboxylic acids is 1. The van der Waals surface area contributed by atoms with Crippen LogP contribution in [0.4, 0.5) is 0 Å². The van der Waals surface area contributed by atoms with Crippen LogP contribution in [0, 0.1) is 5.92 Å². The van der Waals surface area contributed by atoms with Crippen LogP contribution in [0.25, 0.3) is 5.69 Å². The van der Waals surface area contributed by atoms with Gasteiger partial charge in [0.2, 0.25) is 0 Å². The van der Waals surface area contributed by atoms with Crippen molar-refractivity contribution in [2.24, 2.45) is 5.92 Å². The highest BCUT2D eigenvalue weighted by molar-refractivity contribution is 5.95. The number of para-hydroxylation sites is 1. The standard InChI is InChI=1S/C21H25N3O3/c1-21(13-6-5-11-16(21)20(26)27)22-19(25)18-15-10-7-12-17(15)24(23-18)14-8-3-2-4-9-14/h2-4,8-9,16H,5-7,10-13H2,1H3,(H,22,25)(H,26,27). The predicted octanol–water partition coefficient (Wildman–Crippen LogP) is 3.12. The van der Waals surface area contributed by atoms with Crippen molar-refractivity contribution in [1.82, 2.24) is 15.1 Å². The summed E-state index contributed by atoms with van der Waals surface area (Å²) >= 11 is 0. The van der Waals surface area contributed by atoms with E-state index in [-0.39, 0.29) is 5.91 Å². The lowest BCUT2D eigenvalue weighted by Crippen LogP contribution is -2.55. The lowest BCUT2D eigenvalue weighted by Gasteiger charge is -2.39. The minimum Gasteiger partial charge on any atom is -0.481 e. The number of aromatic nitrogens is 2. The Balaban J connectivity index is 1.66. The summed E-state index contributed by atoms with van der Waals surface area (Å²) in [7, 11) is 0. The number of nitrogens with one attached hydrogen (secondary N) is 1. The summed E-state index contributed by atoms with van der Waals surface area (Å²) in [4.78, 5) is 24.8. The third-order valence-corrected chi connectivity index (χ3v) is 6.05. The van der Waals surface area contributed by atoms with Gasteiger partial charge in [0.15, 0.2) is 5.69 Å². The van der Waals surface area contributed by atoms with Crippen LogP contribution in [0.1, 0.15) is 60.8 Å². The molecule has 27 heavy (non-hydrogen) atoms. The van der Waals surface area contributed by atoms with Crippen molar-refractivity contribution in [3.63, 3.8) is 0 Å². The molecule has 2 aromatic rings. The minimum absolute atomic E-state index is 0.251. The molecule has 0 radical (unpaired) electrons. The van der Waals surface area contributed by atoms with Gasteiger partial charge in [-0.3, -0.25) is 9.59 Å². The van der Waals surface area contributed by atoms with Crippen molar-refractivity contribution in [3.8, 4) is 5.69 Å². The van der Waals surface area contributed by atoms with Crippen molar-refractivity contribution in [1.29, 1.82) is 0 Å². The molecule has 0 spiro atoms. The summed E-state index contributed by atoms with van der Waals surface area (Å²) < 4.78 is 1.87. The molecule has 6 nitrogen and oxygen atoms in total. The lowest BCUT2D eigenvalue weighted by atomic mass is 9.74. The van der Waals surface area contributed by atoms with Gasteiger partial charge in [0, 0.05) is 11.3 Å². The van der Waals surface area contributed by atoms with Gasteiger partial charge in [-0.1, -0.05) is 31.0 Å². The van der Waals surface area contributed by atoms with Crippen molar-refractivity contribution in [2.45, 2.75) is 57.4 Å². The topological polar surface area (TPSA) is 84.2 Å². The fourth-order valence-electron chi connectivity index (χ4n) is 4.60. The van der Waals surface area contributed by atoms with Crippen molar-refractivity contribution < 1.29 is 14.7 Å². The van der Waals surface area contributed by atoms with E-state index < -0.39 is 17.4 Å². The van der Waals surface area contributed by atoms with Gasteiger partial charge in [0.25, 0.3) is 5.91 Å². The number of amides is 1. The summed E-state index contributed by atoms with van der Waals surface area (Å²) in [6, 6.07) is 9.83. The summed E-state index contributed by atoms with van der Waals surface area (Å²) in [6.45, 7) is 1.86. The monoisotopic (exact) mass is 367 g/mol. The van der Waals surface area contributed by atoms with Gasteiger partial charge in [0.05, 0.1) is 17.1 Å². The van der Waals surface area contributed by atoms with Crippen LogP contribution >= 0.6 is 0 Å². The molecule has 4 rings (SSSR count). The summed E-state index contributed by atoms with van der Waals surface area (Å²) in [6.07, 6.45) is 5.84. The number of rotatable bonds is 4. The second-order valence-corrected chi connectivity index (χ2v) is 7.88. The van der Waals surface area contributed by atoms with E-state index in [1.165, 1.54) is 0 Å². The Labute approximate surface area is 158 Å². The lowest BCUT2D eigenvalue weighted by molar-refractivity contribution is -0.145. The highest BCUT2D eigenvalue weighted by atomic mass is 16.4. The van der Waals surface area contributed by atoms with E-state index in [0.29, 0.717) is 18.5 Å². The molecule has 0 saturated heterocycles. The zero-order chi connectivity index (χ0) is 19.0. The number of nitrogens with zero attached hydrogens (tertiary/aromatic N) is 2. The molecule has 6 heteroatoms. The van der Waals surface area contributed by atoms with Crippen molar-refractivity contribution >= 4 is 11.9 Å². The number of aliphatic carboxylic acids is 1. The molecule has 1 heterocycles. The van der Waals surface area contributed by atoms with Crippen LogP contribution in [0.2, 0.25) is 0 Å². The number of carboxylic acids is 1. The van der Waals surface area contributed by atoms with E-state index in [2.05, 4.69) is 10.4 Å². The van der Waals surface area contributed by atoms with Gasteiger partial charge >= 0.3 is 5.97 Å². The normalized spacial score (nSPS) is 24.4. The molecular weight excluding hydrogens is 342 g/mol. The molecule has 2 aliphatic carbocycles. The average Bonchev–Trinajstić information content (AvgIpc) is 3.24. The fourth-order valence-corrected chi connectivity index (χ4v) is 4.60. The molecule has 2 aliphatic rings. The Bertz CT molecular complexity index is 874. The molecule has 1 aromatic heterocycles. The SMILES string of the molecule is CC1(NC(=O)c2nn(-c3ccccc3)c3c2CCC3)CCCCC1C(=O)O. The Morgan fingerprint density at radius 3 is 2.70 bits per heavy atom. The maximum atomic E-state index is 13.1. The molecule has 0 bridgehead atoms. The first kappa shape index (κ1) is 17.8. The van der Waals surface area contributed by atoms with E-state index in [9.17, 15) is 14.7 Å². The number of carbonyl (C=O) groups is 2. The molecule has 1 amide bonds. The smallest absolute Gasteiger partial charge is 0.308 e. The quantitative estimate of drug-likeness (QED) is 0.870. The molecule has 0 aliphatic heterocycles. The van der Waals surface area contributed by atoms with Crippen molar-refractivity contribution in [2.75, 3.05) is 0 Å². The molecule has 2 N–H and O–H groups in total. The predicted molar refractivity (Wildman–Crippen MR) is 101 cm³/mol. The van der Waals surface area contributed by atoms with Gasteiger partial charge in [-0.05, 0) is 51.2 Å². The zero-order valence-electron chi connectivity index (χ0n) is 15.6. The van der Waals surface area contributed by atoms with Gasteiger partial charge in [-0.15, -0.1) is 0 Å².